The number of carbonyl (C=O) groups is 1. The smallest absolute Gasteiger partial charge is 0.224 e. The van der Waals surface area contributed by atoms with Crippen LogP contribution in [0.25, 0.3) is 0 Å². The number of rotatable bonds is 4. The molecule has 0 unspecified atom stereocenters. The van der Waals surface area contributed by atoms with E-state index in [9.17, 15) is 4.79 Å². The molecule has 0 saturated heterocycles. The maximum atomic E-state index is 12.0. The van der Waals surface area contributed by atoms with Crippen molar-refractivity contribution in [1.29, 1.82) is 0 Å². The predicted octanol–water partition coefficient (Wildman–Crippen LogP) is 2.69. The highest BCUT2D eigenvalue weighted by molar-refractivity contribution is 7.11. The fraction of sp³-hybridized carbons (Fsp3) is 0.312. The molecule has 0 spiro atoms. The molecule has 3 rings (SSSR count). The van der Waals surface area contributed by atoms with Gasteiger partial charge in [0.25, 0.3) is 0 Å². The van der Waals surface area contributed by atoms with Gasteiger partial charge >= 0.3 is 0 Å². The average Bonchev–Trinajstić information content (AvgIpc) is 2.91. The summed E-state index contributed by atoms with van der Waals surface area (Å²) in [7, 11) is 0. The topological polar surface area (TPSA) is 47.6 Å². The van der Waals surface area contributed by atoms with Crippen molar-refractivity contribution in [3.05, 3.63) is 45.6 Å². The quantitative estimate of drug-likeness (QED) is 0.944. The van der Waals surface area contributed by atoms with E-state index in [1.807, 2.05) is 24.3 Å². The molecule has 1 aliphatic rings. The molecule has 1 aliphatic heterocycles. The zero-order valence-corrected chi connectivity index (χ0v) is 12.7. The Morgan fingerprint density at radius 3 is 2.76 bits per heavy atom. The number of hydrogen-bond donors (Lipinski definition) is 1. The summed E-state index contributed by atoms with van der Waals surface area (Å²) in [5, 5.41) is 2.94. The van der Waals surface area contributed by atoms with Crippen molar-refractivity contribution in [1.82, 2.24) is 5.32 Å². The summed E-state index contributed by atoms with van der Waals surface area (Å²) >= 11 is 1.70. The van der Waals surface area contributed by atoms with E-state index in [1.54, 1.807) is 11.3 Å². The first-order chi connectivity index (χ1) is 10.2. The lowest BCUT2D eigenvalue weighted by molar-refractivity contribution is -0.120. The second kappa shape index (κ2) is 6.18. The molecule has 0 radical (unpaired) electrons. The van der Waals surface area contributed by atoms with Crippen LogP contribution in [0.1, 0.15) is 15.3 Å². The van der Waals surface area contributed by atoms with Gasteiger partial charge in [-0.3, -0.25) is 4.79 Å². The third-order valence-electron chi connectivity index (χ3n) is 3.23. The lowest BCUT2D eigenvalue weighted by Crippen LogP contribution is -2.24. The van der Waals surface area contributed by atoms with Crippen LogP contribution in [0.4, 0.5) is 0 Å². The third-order valence-corrected chi connectivity index (χ3v) is 4.23. The van der Waals surface area contributed by atoms with E-state index < -0.39 is 0 Å². The van der Waals surface area contributed by atoms with Crippen molar-refractivity contribution < 1.29 is 14.3 Å². The van der Waals surface area contributed by atoms with Gasteiger partial charge in [-0.25, -0.2) is 0 Å². The Morgan fingerprint density at radius 2 is 2.00 bits per heavy atom. The summed E-state index contributed by atoms with van der Waals surface area (Å²) in [5.74, 6) is 1.48. The highest BCUT2D eigenvalue weighted by atomic mass is 32.1. The molecule has 1 amide bonds. The van der Waals surface area contributed by atoms with Crippen molar-refractivity contribution in [3.8, 4) is 11.5 Å². The standard InChI is InChI=1S/C16H17NO3S/c1-11-2-4-13(21-11)10-17-16(18)9-12-3-5-14-15(8-12)20-7-6-19-14/h2-5,8H,6-7,9-10H2,1H3,(H,17,18). The van der Waals surface area contributed by atoms with Crippen LogP contribution in [0.3, 0.4) is 0 Å². The van der Waals surface area contributed by atoms with Gasteiger partial charge in [0, 0.05) is 9.75 Å². The van der Waals surface area contributed by atoms with Gasteiger partial charge in [0.15, 0.2) is 11.5 Å². The lowest BCUT2D eigenvalue weighted by atomic mass is 10.1. The first-order valence-corrected chi connectivity index (χ1v) is 7.73. The number of fused-ring (bicyclic) bond motifs is 1. The monoisotopic (exact) mass is 303 g/mol. The van der Waals surface area contributed by atoms with Gasteiger partial charge in [-0.15, -0.1) is 11.3 Å². The number of ether oxygens (including phenoxy) is 2. The van der Waals surface area contributed by atoms with Crippen LogP contribution in [-0.4, -0.2) is 19.1 Å². The minimum Gasteiger partial charge on any atom is -0.486 e. The largest absolute Gasteiger partial charge is 0.486 e. The number of aryl methyl sites for hydroxylation is 1. The van der Waals surface area contributed by atoms with E-state index in [0.717, 1.165) is 17.1 Å². The molecule has 2 aromatic rings. The van der Waals surface area contributed by atoms with E-state index in [0.29, 0.717) is 26.2 Å². The Bertz CT molecular complexity index is 651. The molecule has 21 heavy (non-hydrogen) atoms. The molecule has 0 bridgehead atoms. The molecule has 5 heteroatoms. The molecular formula is C16H17NO3S. The molecule has 2 heterocycles. The first-order valence-electron chi connectivity index (χ1n) is 6.91. The van der Waals surface area contributed by atoms with Gasteiger partial charge in [-0.2, -0.15) is 0 Å². The van der Waals surface area contributed by atoms with Crippen LogP contribution in [0.15, 0.2) is 30.3 Å². The zero-order chi connectivity index (χ0) is 14.7. The van der Waals surface area contributed by atoms with Crippen molar-refractivity contribution in [2.24, 2.45) is 0 Å². The molecule has 1 aromatic carbocycles. The maximum absolute atomic E-state index is 12.0. The van der Waals surface area contributed by atoms with Gasteiger partial charge in [-0.05, 0) is 36.8 Å². The maximum Gasteiger partial charge on any atom is 0.224 e. The Hall–Kier alpha value is -2.01. The van der Waals surface area contributed by atoms with Crippen LogP contribution >= 0.6 is 11.3 Å². The van der Waals surface area contributed by atoms with Crippen LogP contribution in [0.5, 0.6) is 11.5 Å². The average molecular weight is 303 g/mol. The van der Waals surface area contributed by atoms with E-state index >= 15 is 0 Å². The number of hydrogen-bond acceptors (Lipinski definition) is 4. The second-order valence-corrected chi connectivity index (χ2v) is 6.32. The Labute approximate surface area is 127 Å². The van der Waals surface area contributed by atoms with E-state index in [1.165, 1.54) is 9.75 Å². The summed E-state index contributed by atoms with van der Waals surface area (Å²) in [6, 6.07) is 9.75. The van der Waals surface area contributed by atoms with Gasteiger partial charge < -0.3 is 14.8 Å². The molecule has 4 nitrogen and oxygen atoms in total. The summed E-state index contributed by atoms with van der Waals surface area (Å²) in [6.45, 7) is 3.78. The van der Waals surface area contributed by atoms with Gasteiger partial charge in [0.05, 0.1) is 13.0 Å². The van der Waals surface area contributed by atoms with Gasteiger partial charge in [0.2, 0.25) is 5.91 Å². The molecular weight excluding hydrogens is 286 g/mol. The summed E-state index contributed by atoms with van der Waals surface area (Å²) in [6.07, 6.45) is 0.348. The zero-order valence-electron chi connectivity index (χ0n) is 11.8. The van der Waals surface area contributed by atoms with Crippen LogP contribution < -0.4 is 14.8 Å². The summed E-state index contributed by atoms with van der Waals surface area (Å²) in [4.78, 5) is 14.4. The molecule has 110 valence electrons. The molecule has 0 saturated carbocycles. The molecule has 1 N–H and O–H groups in total. The molecule has 0 atom stereocenters. The number of carbonyl (C=O) groups excluding carboxylic acids is 1. The number of thiophene rings is 1. The van der Waals surface area contributed by atoms with Gasteiger partial charge in [0.1, 0.15) is 13.2 Å². The Kier molecular flexibility index (Phi) is 4.10. The minimum atomic E-state index is 0.0118. The SMILES string of the molecule is Cc1ccc(CNC(=O)Cc2ccc3c(c2)OCCO3)s1. The van der Waals surface area contributed by atoms with Crippen molar-refractivity contribution >= 4 is 17.2 Å². The molecule has 1 aromatic heterocycles. The van der Waals surface area contributed by atoms with Crippen molar-refractivity contribution in [3.63, 3.8) is 0 Å². The van der Waals surface area contributed by atoms with Crippen LogP contribution in [0, 0.1) is 6.92 Å². The number of amides is 1. The molecule has 0 aliphatic carbocycles. The number of nitrogens with one attached hydrogen (secondary N) is 1. The van der Waals surface area contributed by atoms with Crippen LogP contribution in [-0.2, 0) is 17.8 Å². The van der Waals surface area contributed by atoms with E-state index in [-0.39, 0.29) is 5.91 Å². The van der Waals surface area contributed by atoms with Crippen molar-refractivity contribution in [2.45, 2.75) is 19.9 Å². The fourth-order valence-corrected chi connectivity index (χ4v) is 3.04. The number of benzene rings is 1. The van der Waals surface area contributed by atoms with Crippen LogP contribution in [0.2, 0.25) is 0 Å². The van der Waals surface area contributed by atoms with E-state index in [4.69, 9.17) is 9.47 Å². The van der Waals surface area contributed by atoms with Gasteiger partial charge in [-0.1, -0.05) is 6.07 Å². The second-order valence-electron chi connectivity index (χ2n) is 4.94. The van der Waals surface area contributed by atoms with Crippen molar-refractivity contribution in [2.75, 3.05) is 13.2 Å². The molecule has 0 fully saturated rings. The van der Waals surface area contributed by atoms with E-state index in [2.05, 4.69) is 18.3 Å². The third kappa shape index (κ3) is 3.55. The normalized spacial score (nSPS) is 13.0. The highest BCUT2D eigenvalue weighted by Crippen LogP contribution is 2.30. The first kappa shape index (κ1) is 13.9. The fourth-order valence-electron chi connectivity index (χ4n) is 2.21. The summed E-state index contributed by atoms with van der Waals surface area (Å²) in [5.41, 5.74) is 0.930. The predicted molar refractivity (Wildman–Crippen MR) is 82.0 cm³/mol. The highest BCUT2D eigenvalue weighted by Gasteiger charge is 2.13. The Balaban J connectivity index is 1.57. The minimum absolute atomic E-state index is 0.0118. The Morgan fingerprint density at radius 1 is 1.19 bits per heavy atom. The summed E-state index contributed by atoms with van der Waals surface area (Å²) < 4.78 is 11.0. The lowest BCUT2D eigenvalue weighted by Gasteiger charge is -2.18.